The van der Waals surface area contributed by atoms with Crippen molar-refractivity contribution in [1.82, 2.24) is 19.8 Å². The van der Waals surface area contributed by atoms with Gasteiger partial charge in [0.1, 0.15) is 0 Å². The quantitative estimate of drug-likeness (QED) is 0.677. The Morgan fingerprint density at radius 3 is 2.48 bits per heavy atom. The average molecular weight is 387 g/mol. The molecule has 29 heavy (non-hydrogen) atoms. The number of hydrogen-bond acceptors (Lipinski definition) is 4. The van der Waals surface area contributed by atoms with Crippen molar-refractivity contribution in [2.75, 3.05) is 32.7 Å². The molecule has 2 aliphatic rings. The van der Waals surface area contributed by atoms with Crippen molar-refractivity contribution in [1.29, 1.82) is 0 Å². The minimum atomic E-state index is 0.256. The van der Waals surface area contributed by atoms with Crippen LogP contribution in [0.25, 0.3) is 17.0 Å². The zero-order chi connectivity index (χ0) is 20.3. The molecule has 0 aliphatic carbocycles. The third-order valence-corrected chi connectivity index (χ3v) is 6.22. The Labute approximate surface area is 174 Å². The van der Waals surface area contributed by atoms with E-state index in [4.69, 9.17) is 0 Å². The van der Waals surface area contributed by atoms with E-state index in [2.05, 4.69) is 76.3 Å². The van der Waals surface area contributed by atoms with E-state index in [-0.39, 0.29) is 5.41 Å². The van der Waals surface area contributed by atoms with Crippen LogP contribution in [0.3, 0.4) is 0 Å². The largest absolute Gasteiger partial charge is 0.370 e. The topological polar surface area (TPSA) is 32.3 Å². The van der Waals surface area contributed by atoms with Crippen LogP contribution in [0.1, 0.15) is 25.3 Å². The molecule has 3 heterocycles. The fourth-order valence-corrected chi connectivity index (χ4v) is 4.24. The Hall–Kier alpha value is -2.72. The molecule has 4 heteroatoms. The van der Waals surface area contributed by atoms with Crippen LogP contribution in [0.15, 0.2) is 73.7 Å². The molecule has 1 unspecified atom stereocenters. The summed E-state index contributed by atoms with van der Waals surface area (Å²) in [5.41, 5.74) is 5.24. The molecule has 0 saturated carbocycles. The van der Waals surface area contributed by atoms with Crippen LogP contribution in [-0.2, 0) is 0 Å². The smallest absolute Gasteiger partial charge is 0.159 e. The zero-order valence-electron chi connectivity index (χ0n) is 17.3. The lowest BCUT2D eigenvalue weighted by molar-refractivity contribution is 0.281. The molecule has 1 aromatic heterocycles. The number of nitrogens with zero attached hydrogens (tertiary/aromatic N) is 4. The number of hydrogen-bond donors (Lipinski definition) is 0. The van der Waals surface area contributed by atoms with Crippen molar-refractivity contribution in [3.8, 4) is 11.4 Å². The molecule has 1 aromatic carbocycles. The molecular formula is C25H30N4. The van der Waals surface area contributed by atoms with E-state index in [1.807, 2.05) is 6.07 Å². The van der Waals surface area contributed by atoms with E-state index in [1.54, 1.807) is 12.4 Å². The van der Waals surface area contributed by atoms with Gasteiger partial charge in [0.25, 0.3) is 0 Å². The highest BCUT2D eigenvalue weighted by Crippen LogP contribution is 2.32. The van der Waals surface area contributed by atoms with E-state index in [1.165, 1.54) is 23.3 Å². The predicted octanol–water partition coefficient (Wildman–Crippen LogP) is 4.64. The van der Waals surface area contributed by atoms with Crippen LogP contribution in [-0.4, -0.2) is 52.5 Å². The first kappa shape index (κ1) is 19.6. The minimum absolute atomic E-state index is 0.256. The van der Waals surface area contributed by atoms with Crippen molar-refractivity contribution in [3.05, 3.63) is 79.3 Å². The van der Waals surface area contributed by atoms with Gasteiger partial charge in [-0.15, -0.1) is 6.58 Å². The fraction of sp³-hybridized carbons (Fsp3) is 0.360. The van der Waals surface area contributed by atoms with Gasteiger partial charge in [-0.2, -0.15) is 0 Å². The Morgan fingerprint density at radius 2 is 1.86 bits per heavy atom. The number of benzene rings is 1. The summed E-state index contributed by atoms with van der Waals surface area (Å²) in [6.45, 7) is 15.8. The van der Waals surface area contributed by atoms with Crippen molar-refractivity contribution in [3.63, 3.8) is 0 Å². The molecule has 2 aliphatic heterocycles. The summed E-state index contributed by atoms with van der Waals surface area (Å²) in [4.78, 5) is 13.6. The maximum Gasteiger partial charge on any atom is 0.159 e. The molecule has 0 amide bonds. The summed E-state index contributed by atoms with van der Waals surface area (Å²) in [6, 6.07) is 10.4. The molecule has 0 bridgehead atoms. The summed E-state index contributed by atoms with van der Waals surface area (Å²) >= 11 is 0. The van der Waals surface area contributed by atoms with E-state index >= 15 is 0 Å². The molecule has 0 N–H and O–H groups in total. The highest BCUT2D eigenvalue weighted by molar-refractivity contribution is 5.69. The second kappa shape index (κ2) is 8.34. The molecule has 1 atom stereocenters. The molecule has 1 saturated heterocycles. The van der Waals surface area contributed by atoms with E-state index < -0.39 is 0 Å². The molecule has 2 aromatic rings. The van der Waals surface area contributed by atoms with Crippen LogP contribution in [0, 0.1) is 5.41 Å². The van der Waals surface area contributed by atoms with Crippen molar-refractivity contribution in [2.24, 2.45) is 5.41 Å². The third kappa shape index (κ3) is 4.48. The second-order valence-corrected chi connectivity index (χ2v) is 8.46. The molecular weight excluding hydrogens is 356 g/mol. The van der Waals surface area contributed by atoms with E-state index in [0.29, 0.717) is 0 Å². The zero-order valence-corrected chi connectivity index (χ0v) is 17.3. The Kier molecular flexibility index (Phi) is 5.63. The highest BCUT2D eigenvalue weighted by atomic mass is 15.2. The van der Waals surface area contributed by atoms with Gasteiger partial charge in [0.2, 0.25) is 0 Å². The van der Waals surface area contributed by atoms with Gasteiger partial charge in [0, 0.05) is 49.8 Å². The van der Waals surface area contributed by atoms with Crippen LogP contribution in [0.2, 0.25) is 0 Å². The Bertz CT molecular complexity index is 900. The fourth-order valence-electron chi connectivity index (χ4n) is 4.24. The lowest BCUT2D eigenvalue weighted by atomic mass is 9.90. The van der Waals surface area contributed by atoms with Crippen LogP contribution >= 0.6 is 0 Å². The van der Waals surface area contributed by atoms with Crippen molar-refractivity contribution >= 4 is 5.57 Å². The first-order chi connectivity index (χ1) is 14.1. The maximum atomic E-state index is 4.37. The van der Waals surface area contributed by atoms with Crippen LogP contribution in [0.4, 0.5) is 0 Å². The van der Waals surface area contributed by atoms with Gasteiger partial charge in [0.15, 0.2) is 5.82 Å². The lowest BCUT2D eigenvalue weighted by Gasteiger charge is -2.32. The first-order valence-corrected chi connectivity index (χ1v) is 10.4. The van der Waals surface area contributed by atoms with Gasteiger partial charge in [-0.25, -0.2) is 9.97 Å². The minimum Gasteiger partial charge on any atom is -0.370 e. The Morgan fingerprint density at radius 1 is 1.14 bits per heavy atom. The number of rotatable bonds is 6. The Balaban J connectivity index is 1.35. The maximum absolute atomic E-state index is 4.37. The van der Waals surface area contributed by atoms with E-state index in [9.17, 15) is 0 Å². The van der Waals surface area contributed by atoms with Gasteiger partial charge in [-0.3, -0.25) is 4.90 Å². The first-order valence-electron chi connectivity index (χ1n) is 10.4. The molecule has 4 nitrogen and oxygen atoms in total. The van der Waals surface area contributed by atoms with Gasteiger partial charge in [-0.05, 0) is 42.0 Å². The van der Waals surface area contributed by atoms with Gasteiger partial charge >= 0.3 is 0 Å². The molecule has 150 valence electrons. The van der Waals surface area contributed by atoms with Crippen LogP contribution < -0.4 is 0 Å². The van der Waals surface area contributed by atoms with Gasteiger partial charge in [0.05, 0.1) is 0 Å². The monoisotopic (exact) mass is 386 g/mol. The standard InChI is InChI=1S/C25H30N4/c1-4-25(3)12-17-28(19-25)18-20(2)29-15-10-22(11-16-29)21-6-8-23(9-7-21)24-26-13-5-14-27-24/h4-10,13-14H,1-2,11-12,15-19H2,3H3. The van der Waals surface area contributed by atoms with Crippen LogP contribution in [0.5, 0.6) is 0 Å². The average Bonchev–Trinajstić information content (AvgIpc) is 3.16. The van der Waals surface area contributed by atoms with Gasteiger partial charge in [-0.1, -0.05) is 49.9 Å². The second-order valence-electron chi connectivity index (χ2n) is 8.46. The van der Waals surface area contributed by atoms with E-state index in [0.717, 1.165) is 50.5 Å². The van der Waals surface area contributed by atoms with Crippen molar-refractivity contribution in [2.45, 2.75) is 19.8 Å². The number of likely N-dealkylation sites (tertiary alicyclic amines) is 1. The normalized spacial score (nSPS) is 22.4. The molecule has 4 rings (SSSR count). The summed E-state index contributed by atoms with van der Waals surface area (Å²) in [7, 11) is 0. The van der Waals surface area contributed by atoms with Crippen molar-refractivity contribution < 1.29 is 0 Å². The summed E-state index contributed by atoms with van der Waals surface area (Å²) in [6.07, 6.45) is 10.3. The lowest BCUT2D eigenvalue weighted by Crippen LogP contribution is -2.34. The molecule has 1 fully saturated rings. The highest BCUT2D eigenvalue weighted by Gasteiger charge is 2.31. The van der Waals surface area contributed by atoms with Gasteiger partial charge < -0.3 is 4.90 Å². The number of aromatic nitrogens is 2. The summed E-state index contributed by atoms with van der Waals surface area (Å²) in [5.74, 6) is 0.772. The summed E-state index contributed by atoms with van der Waals surface area (Å²) < 4.78 is 0. The predicted molar refractivity (Wildman–Crippen MR) is 120 cm³/mol. The third-order valence-electron chi connectivity index (χ3n) is 6.22. The molecule has 0 radical (unpaired) electrons. The molecule has 0 spiro atoms. The summed E-state index contributed by atoms with van der Waals surface area (Å²) in [5, 5.41) is 0. The SMILES string of the molecule is C=CC1(C)CCN(CC(=C)N2CC=C(c3ccc(-c4ncccn4)cc3)CC2)C1.